The quantitative estimate of drug-likeness (QED) is 0.193. The van der Waals surface area contributed by atoms with E-state index in [2.05, 4.69) is 15.4 Å². The molecule has 5 rings (SSSR count). The fraction of sp³-hybridized carbons (Fsp3) is 0.333. The average molecular weight is 652 g/mol. The summed E-state index contributed by atoms with van der Waals surface area (Å²) in [6.07, 6.45) is -5.75. The van der Waals surface area contributed by atoms with E-state index in [-0.39, 0.29) is 22.9 Å². The first-order valence-corrected chi connectivity index (χ1v) is 13.8. The molecule has 4 aromatic rings. The number of aromatic nitrogens is 3. The van der Waals surface area contributed by atoms with Crippen LogP contribution in [0.15, 0.2) is 48.7 Å². The molecule has 1 aliphatic rings. The number of fused-ring (bicyclic) bond motifs is 1. The van der Waals surface area contributed by atoms with Crippen molar-refractivity contribution in [2.45, 2.75) is 43.5 Å². The SMILES string of the molecule is COc1cc(C(=O)NC[C@](O)(c2cc(CC(N)=O)c(OCC(F)F)c(-c3ccc(F)cc3)n2)C(F)(F)F)cc2cn(C3CC3)nc12. The summed E-state index contributed by atoms with van der Waals surface area (Å²) in [7, 11) is 1.34. The van der Waals surface area contributed by atoms with Gasteiger partial charge in [0, 0.05) is 28.3 Å². The molecule has 16 heteroatoms. The molecule has 0 bridgehead atoms. The fourth-order valence-electron chi connectivity index (χ4n) is 4.81. The molecule has 4 N–H and O–H groups in total. The Kier molecular flexibility index (Phi) is 8.84. The minimum atomic E-state index is -5.48. The third-order valence-electron chi connectivity index (χ3n) is 7.28. The molecule has 1 saturated carbocycles. The standard InChI is InChI=1S/C30H27F6N5O5/c1-45-21-9-17(8-18-12-41(20-6-7-20)40-25(18)21)28(43)38-14-29(44,30(34,35)36)22-10-16(11-24(37)42)27(46-13-23(32)33)26(39-22)15-2-4-19(31)5-3-15/h2-5,8-10,12,20,23,44H,6-7,11,13-14H2,1H3,(H2,37,42)(H,38,43)/t29-/m0/s1. The highest BCUT2D eigenvalue weighted by molar-refractivity contribution is 6.00. The van der Waals surface area contributed by atoms with E-state index < -0.39 is 78.1 Å². The Labute approximate surface area is 257 Å². The fourth-order valence-corrected chi connectivity index (χ4v) is 4.81. The van der Waals surface area contributed by atoms with E-state index >= 15 is 0 Å². The molecule has 2 amide bonds. The number of aliphatic hydroxyl groups is 1. The first-order valence-electron chi connectivity index (χ1n) is 13.8. The number of ether oxygens (including phenoxy) is 2. The second kappa shape index (κ2) is 12.5. The van der Waals surface area contributed by atoms with Gasteiger partial charge in [0.2, 0.25) is 11.5 Å². The Morgan fingerprint density at radius 3 is 2.43 bits per heavy atom. The van der Waals surface area contributed by atoms with Crippen LogP contribution in [-0.2, 0) is 16.8 Å². The van der Waals surface area contributed by atoms with Gasteiger partial charge in [0.25, 0.3) is 12.3 Å². The molecule has 1 fully saturated rings. The van der Waals surface area contributed by atoms with Crippen LogP contribution in [0.3, 0.4) is 0 Å². The maximum absolute atomic E-state index is 14.6. The highest BCUT2D eigenvalue weighted by atomic mass is 19.4. The lowest BCUT2D eigenvalue weighted by molar-refractivity contribution is -0.265. The molecule has 0 saturated heterocycles. The number of pyridine rings is 1. The third-order valence-corrected chi connectivity index (χ3v) is 7.28. The number of hydrogen-bond donors (Lipinski definition) is 3. The molecule has 10 nitrogen and oxygen atoms in total. The molecule has 1 atom stereocenters. The van der Waals surface area contributed by atoms with Gasteiger partial charge in [-0.2, -0.15) is 18.3 Å². The van der Waals surface area contributed by atoms with Crippen molar-refractivity contribution >= 4 is 22.7 Å². The van der Waals surface area contributed by atoms with Crippen LogP contribution in [0.4, 0.5) is 26.3 Å². The molecule has 244 valence electrons. The van der Waals surface area contributed by atoms with E-state index in [1.807, 2.05) is 0 Å². The highest BCUT2D eigenvalue weighted by Crippen LogP contribution is 2.42. The van der Waals surface area contributed by atoms with Gasteiger partial charge >= 0.3 is 6.18 Å². The van der Waals surface area contributed by atoms with E-state index in [1.165, 1.54) is 19.2 Å². The van der Waals surface area contributed by atoms with Gasteiger partial charge in [-0.3, -0.25) is 14.3 Å². The van der Waals surface area contributed by atoms with E-state index in [4.69, 9.17) is 15.2 Å². The maximum Gasteiger partial charge on any atom is 0.424 e. The van der Waals surface area contributed by atoms with Gasteiger partial charge in [0.15, 0.2) is 0 Å². The first kappa shape index (κ1) is 32.5. The van der Waals surface area contributed by atoms with Gasteiger partial charge in [0.1, 0.15) is 35.1 Å². The summed E-state index contributed by atoms with van der Waals surface area (Å²) < 4.78 is 96.0. The summed E-state index contributed by atoms with van der Waals surface area (Å²) in [6.45, 7) is -2.69. The molecular formula is C30H27F6N5O5. The van der Waals surface area contributed by atoms with Crippen LogP contribution in [-0.4, -0.2) is 64.5 Å². The second-order valence-corrected chi connectivity index (χ2v) is 10.7. The van der Waals surface area contributed by atoms with Gasteiger partial charge in [-0.15, -0.1) is 0 Å². The first-order chi connectivity index (χ1) is 21.7. The molecular weight excluding hydrogens is 624 g/mol. The van der Waals surface area contributed by atoms with Crippen molar-refractivity contribution in [1.82, 2.24) is 20.1 Å². The summed E-state index contributed by atoms with van der Waals surface area (Å²) in [5.41, 5.74) is -0.350. The van der Waals surface area contributed by atoms with Crippen molar-refractivity contribution in [3.8, 4) is 22.8 Å². The van der Waals surface area contributed by atoms with Gasteiger partial charge in [-0.1, -0.05) is 0 Å². The lowest BCUT2D eigenvalue weighted by atomic mass is 9.93. The number of nitrogens with one attached hydrogen (secondary N) is 1. The number of methoxy groups -OCH3 is 1. The van der Waals surface area contributed by atoms with Crippen LogP contribution in [0.1, 0.15) is 40.5 Å². The number of halogens is 6. The van der Waals surface area contributed by atoms with Crippen molar-refractivity contribution in [3.63, 3.8) is 0 Å². The predicted octanol–water partition coefficient (Wildman–Crippen LogP) is 4.43. The number of carbonyl (C=O) groups is 2. The van der Waals surface area contributed by atoms with Gasteiger partial charge in [-0.25, -0.2) is 18.2 Å². The lowest BCUT2D eigenvalue weighted by Crippen LogP contribution is -2.51. The highest BCUT2D eigenvalue weighted by Gasteiger charge is 2.57. The molecule has 0 radical (unpaired) electrons. The van der Waals surface area contributed by atoms with E-state index in [9.17, 15) is 41.0 Å². The number of alkyl halides is 5. The zero-order valence-corrected chi connectivity index (χ0v) is 24.1. The maximum atomic E-state index is 14.6. The third kappa shape index (κ3) is 6.71. The number of carbonyl (C=O) groups excluding carboxylic acids is 2. The van der Waals surface area contributed by atoms with E-state index in [1.54, 1.807) is 10.9 Å². The minimum Gasteiger partial charge on any atom is -0.494 e. The molecule has 0 spiro atoms. The van der Waals surface area contributed by atoms with Crippen molar-refractivity contribution in [2.75, 3.05) is 20.3 Å². The lowest BCUT2D eigenvalue weighted by Gasteiger charge is -2.31. The van der Waals surface area contributed by atoms with Crippen molar-refractivity contribution in [1.29, 1.82) is 0 Å². The number of benzene rings is 2. The van der Waals surface area contributed by atoms with Crippen LogP contribution in [0.25, 0.3) is 22.2 Å². The topological polar surface area (TPSA) is 142 Å². The molecule has 2 aromatic heterocycles. The predicted molar refractivity (Wildman–Crippen MR) is 151 cm³/mol. The Morgan fingerprint density at radius 2 is 1.85 bits per heavy atom. The van der Waals surface area contributed by atoms with Crippen LogP contribution >= 0.6 is 0 Å². The monoisotopic (exact) mass is 651 g/mol. The van der Waals surface area contributed by atoms with Crippen molar-refractivity contribution in [2.24, 2.45) is 5.73 Å². The van der Waals surface area contributed by atoms with Gasteiger partial charge in [-0.05, 0) is 55.3 Å². The molecule has 0 aliphatic heterocycles. The number of amides is 2. The van der Waals surface area contributed by atoms with E-state index in [0.717, 1.165) is 37.1 Å². The molecule has 2 heterocycles. The summed E-state index contributed by atoms with van der Waals surface area (Å²) >= 11 is 0. The number of hydrogen-bond acceptors (Lipinski definition) is 7. The van der Waals surface area contributed by atoms with Gasteiger partial charge < -0.3 is 25.6 Å². The molecule has 2 aromatic carbocycles. The number of rotatable bonds is 12. The Hall–Kier alpha value is -4.86. The minimum absolute atomic E-state index is 0.0843. The molecule has 1 aliphatic carbocycles. The van der Waals surface area contributed by atoms with Crippen molar-refractivity contribution < 1.29 is 50.5 Å². The zero-order chi connectivity index (χ0) is 33.4. The largest absolute Gasteiger partial charge is 0.494 e. The van der Waals surface area contributed by atoms with Crippen LogP contribution in [0.5, 0.6) is 11.5 Å². The van der Waals surface area contributed by atoms with Crippen LogP contribution in [0.2, 0.25) is 0 Å². The Morgan fingerprint density at radius 1 is 1.15 bits per heavy atom. The number of primary amides is 1. The molecule has 0 unspecified atom stereocenters. The smallest absolute Gasteiger partial charge is 0.424 e. The number of nitrogens with zero attached hydrogens (tertiary/aromatic N) is 3. The van der Waals surface area contributed by atoms with Crippen molar-refractivity contribution in [3.05, 3.63) is 71.3 Å². The summed E-state index contributed by atoms with van der Waals surface area (Å²) in [6, 6.07) is 7.60. The van der Waals surface area contributed by atoms with E-state index in [0.29, 0.717) is 17.0 Å². The number of nitrogens with two attached hydrogens (primary N) is 1. The second-order valence-electron chi connectivity index (χ2n) is 10.7. The molecule has 46 heavy (non-hydrogen) atoms. The normalized spacial score (nSPS) is 14.7. The Balaban J connectivity index is 1.55. The van der Waals surface area contributed by atoms with Crippen LogP contribution in [0, 0.1) is 5.82 Å². The zero-order valence-electron chi connectivity index (χ0n) is 24.1. The van der Waals surface area contributed by atoms with Crippen LogP contribution < -0.4 is 20.5 Å². The Bertz CT molecular complexity index is 1770. The average Bonchev–Trinajstić information content (AvgIpc) is 3.76. The summed E-state index contributed by atoms with van der Waals surface area (Å²) in [4.78, 5) is 28.9. The van der Waals surface area contributed by atoms with Gasteiger partial charge in [0.05, 0.1) is 31.8 Å². The summed E-state index contributed by atoms with van der Waals surface area (Å²) in [5.74, 6) is -3.11. The summed E-state index contributed by atoms with van der Waals surface area (Å²) in [5, 5.41) is 18.2.